The Bertz CT molecular complexity index is 392. The van der Waals surface area contributed by atoms with Crippen LogP contribution in [0, 0.1) is 0 Å². The van der Waals surface area contributed by atoms with Crippen molar-refractivity contribution in [2.75, 3.05) is 14.2 Å². The molecule has 0 aliphatic heterocycles. The summed E-state index contributed by atoms with van der Waals surface area (Å²) in [5, 5.41) is 12.5. The third kappa shape index (κ3) is 3.72. The Labute approximate surface area is 107 Å². The van der Waals surface area contributed by atoms with Crippen molar-refractivity contribution in [1.82, 2.24) is 5.32 Å². The molecule has 2 unspecified atom stereocenters. The maximum atomic E-state index is 11.5. The molecule has 0 aliphatic carbocycles. The molecule has 0 aliphatic rings. The fourth-order valence-electron chi connectivity index (χ4n) is 1.65. The maximum absolute atomic E-state index is 11.5. The Morgan fingerprint density at radius 1 is 1.39 bits per heavy atom. The lowest BCUT2D eigenvalue weighted by Gasteiger charge is -2.19. The average Bonchev–Trinajstić information content (AvgIpc) is 2.38. The number of benzene rings is 1. The van der Waals surface area contributed by atoms with Gasteiger partial charge in [-0.3, -0.25) is 10.1 Å². The first kappa shape index (κ1) is 14.5. The number of aliphatic hydroxyl groups is 1. The van der Waals surface area contributed by atoms with Crippen LogP contribution in [-0.2, 0) is 16.1 Å². The molecule has 1 aromatic rings. The van der Waals surface area contributed by atoms with Gasteiger partial charge >= 0.3 is 5.97 Å². The predicted octanol–water partition coefficient (Wildman–Crippen LogP) is 0.707. The second kappa shape index (κ2) is 6.98. The molecule has 0 saturated heterocycles. The Balaban J connectivity index is 2.70. The molecule has 0 bridgehead atoms. The van der Waals surface area contributed by atoms with Crippen LogP contribution in [-0.4, -0.2) is 37.4 Å². The van der Waals surface area contributed by atoms with Crippen LogP contribution in [0.15, 0.2) is 24.3 Å². The van der Waals surface area contributed by atoms with Gasteiger partial charge in [0.25, 0.3) is 0 Å². The molecule has 1 aromatic carbocycles. The molecule has 2 N–H and O–H groups in total. The first-order valence-electron chi connectivity index (χ1n) is 5.71. The monoisotopic (exact) mass is 253 g/mol. The quantitative estimate of drug-likeness (QED) is 0.731. The highest BCUT2D eigenvalue weighted by Crippen LogP contribution is 2.17. The standard InChI is InChI=1S/C13H19NO4/c1-9(15)12(13(16)18-3)14-8-10-6-4-5-7-11(10)17-2/h4-7,9,12,14-15H,8H2,1-3H3. The van der Waals surface area contributed by atoms with Crippen molar-refractivity contribution in [2.24, 2.45) is 0 Å². The lowest BCUT2D eigenvalue weighted by Crippen LogP contribution is -2.45. The number of ether oxygens (including phenoxy) is 2. The van der Waals surface area contributed by atoms with Gasteiger partial charge in [0.05, 0.1) is 20.3 Å². The lowest BCUT2D eigenvalue weighted by atomic mass is 10.1. The summed E-state index contributed by atoms with van der Waals surface area (Å²) in [6.45, 7) is 1.95. The van der Waals surface area contributed by atoms with Crippen LogP contribution in [0.25, 0.3) is 0 Å². The number of hydrogen-bond acceptors (Lipinski definition) is 5. The van der Waals surface area contributed by atoms with Gasteiger partial charge < -0.3 is 14.6 Å². The fourth-order valence-corrected chi connectivity index (χ4v) is 1.65. The van der Waals surface area contributed by atoms with E-state index in [1.807, 2.05) is 24.3 Å². The first-order valence-corrected chi connectivity index (χ1v) is 5.71. The summed E-state index contributed by atoms with van der Waals surface area (Å²) in [6.07, 6.45) is -0.827. The van der Waals surface area contributed by atoms with E-state index in [0.29, 0.717) is 6.54 Å². The van der Waals surface area contributed by atoms with Crippen molar-refractivity contribution in [2.45, 2.75) is 25.6 Å². The summed E-state index contributed by atoms with van der Waals surface area (Å²) >= 11 is 0. The van der Waals surface area contributed by atoms with Gasteiger partial charge in [0.15, 0.2) is 0 Å². The van der Waals surface area contributed by atoms with Crippen LogP contribution in [0.4, 0.5) is 0 Å². The van der Waals surface area contributed by atoms with Gasteiger partial charge in [-0.1, -0.05) is 18.2 Å². The van der Waals surface area contributed by atoms with E-state index in [1.165, 1.54) is 14.0 Å². The number of aliphatic hydroxyl groups excluding tert-OH is 1. The maximum Gasteiger partial charge on any atom is 0.325 e. The van der Waals surface area contributed by atoms with Crippen LogP contribution in [0.5, 0.6) is 5.75 Å². The third-order valence-corrected chi connectivity index (χ3v) is 2.64. The minimum atomic E-state index is -0.827. The molecule has 1 rings (SSSR count). The van der Waals surface area contributed by atoms with E-state index in [2.05, 4.69) is 10.1 Å². The van der Waals surface area contributed by atoms with Crippen LogP contribution >= 0.6 is 0 Å². The molecule has 0 saturated carbocycles. The number of nitrogens with one attached hydrogen (secondary N) is 1. The number of carbonyl (C=O) groups is 1. The third-order valence-electron chi connectivity index (χ3n) is 2.64. The summed E-state index contributed by atoms with van der Waals surface area (Å²) in [4.78, 5) is 11.5. The molecule has 0 spiro atoms. The van der Waals surface area contributed by atoms with E-state index >= 15 is 0 Å². The zero-order chi connectivity index (χ0) is 13.5. The molecule has 5 nitrogen and oxygen atoms in total. The second-order valence-corrected chi connectivity index (χ2v) is 3.93. The molecular formula is C13H19NO4. The molecular weight excluding hydrogens is 234 g/mol. The van der Waals surface area contributed by atoms with E-state index < -0.39 is 18.1 Å². The number of carbonyl (C=O) groups excluding carboxylic acids is 1. The van der Waals surface area contributed by atoms with E-state index in [9.17, 15) is 9.90 Å². The van der Waals surface area contributed by atoms with E-state index in [0.717, 1.165) is 11.3 Å². The Morgan fingerprint density at radius 2 is 2.06 bits per heavy atom. The molecule has 5 heteroatoms. The van der Waals surface area contributed by atoms with Gasteiger partial charge in [0.2, 0.25) is 0 Å². The van der Waals surface area contributed by atoms with Gasteiger partial charge in [-0.15, -0.1) is 0 Å². The summed E-state index contributed by atoms with van der Waals surface area (Å²) in [7, 11) is 2.88. The zero-order valence-electron chi connectivity index (χ0n) is 10.8. The molecule has 0 radical (unpaired) electrons. The fraction of sp³-hybridized carbons (Fsp3) is 0.462. The second-order valence-electron chi connectivity index (χ2n) is 3.93. The molecule has 100 valence electrons. The smallest absolute Gasteiger partial charge is 0.325 e. The topological polar surface area (TPSA) is 67.8 Å². The van der Waals surface area contributed by atoms with Crippen molar-refractivity contribution in [3.05, 3.63) is 29.8 Å². The highest BCUT2D eigenvalue weighted by molar-refractivity contribution is 5.76. The Morgan fingerprint density at radius 3 is 2.61 bits per heavy atom. The van der Waals surface area contributed by atoms with Crippen LogP contribution < -0.4 is 10.1 Å². The highest BCUT2D eigenvalue weighted by Gasteiger charge is 2.23. The minimum Gasteiger partial charge on any atom is -0.496 e. The largest absolute Gasteiger partial charge is 0.496 e. The Kier molecular flexibility index (Phi) is 5.61. The van der Waals surface area contributed by atoms with E-state index in [1.54, 1.807) is 7.11 Å². The minimum absolute atomic E-state index is 0.411. The first-order chi connectivity index (χ1) is 8.60. The van der Waals surface area contributed by atoms with Gasteiger partial charge in [0, 0.05) is 12.1 Å². The molecule has 0 fully saturated rings. The van der Waals surface area contributed by atoms with Gasteiger partial charge in [0.1, 0.15) is 11.8 Å². The average molecular weight is 253 g/mol. The van der Waals surface area contributed by atoms with E-state index in [4.69, 9.17) is 4.74 Å². The van der Waals surface area contributed by atoms with Crippen molar-refractivity contribution < 1.29 is 19.4 Å². The molecule has 0 amide bonds. The number of methoxy groups -OCH3 is 2. The normalized spacial score (nSPS) is 13.8. The van der Waals surface area contributed by atoms with Gasteiger partial charge in [-0.05, 0) is 13.0 Å². The number of esters is 1. The van der Waals surface area contributed by atoms with Crippen molar-refractivity contribution in [3.63, 3.8) is 0 Å². The number of rotatable bonds is 6. The van der Waals surface area contributed by atoms with Crippen LogP contribution in [0.2, 0.25) is 0 Å². The van der Waals surface area contributed by atoms with Crippen molar-refractivity contribution in [3.8, 4) is 5.75 Å². The summed E-state index contributed by atoms with van der Waals surface area (Å²) in [5.74, 6) is 0.249. The summed E-state index contributed by atoms with van der Waals surface area (Å²) < 4.78 is 9.83. The van der Waals surface area contributed by atoms with Crippen LogP contribution in [0.1, 0.15) is 12.5 Å². The van der Waals surface area contributed by atoms with Crippen LogP contribution in [0.3, 0.4) is 0 Å². The number of hydrogen-bond donors (Lipinski definition) is 2. The van der Waals surface area contributed by atoms with Crippen molar-refractivity contribution in [1.29, 1.82) is 0 Å². The van der Waals surface area contributed by atoms with Gasteiger partial charge in [-0.2, -0.15) is 0 Å². The zero-order valence-corrected chi connectivity index (χ0v) is 10.8. The van der Waals surface area contributed by atoms with Crippen molar-refractivity contribution >= 4 is 5.97 Å². The molecule has 0 aromatic heterocycles. The highest BCUT2D eigenvalue weighted by atomic mass is 16.5. The lowest BCUT2D eigenvalue weighted by molar-refractivity contribution is -0.145. The van der Waals surface area contributed by atoms with Gasteiger partial charge in [-0.25, -0.2) is 0 Å². The SMILES string of the molecule is COC(=O)C(NCc1ccccc1OC)C(C)O. The molecule has 2 atom stereocenters. The van der Waals surface area contributed by atoms with E-state index in [-0.39, 0.29) is 0 Å². The summed E-state index contributed by atoms with van der Waals surface area (Å²) in [6, 6.07) is 6.73. The predicted molar refractivity (Wildman–Crippen MR) is 67.3 cm³/mol. The summed E-state index contributed by atoms with van der Waals surface area (Å²) in [5.41, 5.74) is 0.912. The molecule has 18 heavy (non-hydrogen) atoms. The number of para-hydroxylation sites is 1. The Hall–Kier alpha value is -1.59. The molecule has 0 heterocycles.